The van der Waals surface area contributed by atoms with Gasteiger partial charge in [0.05, 0.1) is 11.2 Å². The Bertz CT molecular complexity index is 1580. The third-order valence-corrected chi connectivity index (χ3v) is 9.68. The molecule has 2 heterocycles. The van der Waals surface area contributed by atoms with Crippen LogP contribution in [0.4, 0.5) is 4.79 Å². The number of aryl methyl sites for hydroxylation is 1. The summed E-state index contributed by atoms with van der Waals surface area (Å²) < 4.78 is 18.0. The third kappa shape index (κ3) is 7.50. The van der Waals surface area contributed by atoms with Crippen molar-refractivity contribution in [2.75, 3.05) is 13.1 Å². The number of carbonyl (C=O) groups is 2. The van der Waals surface area contributed by atoms with Gasteiger partial charge in [-0.2, -0.15) is 0 Å². The Morgan fingerprint density at radius 3 is 2.24 bits per heavy atom. The standard InChI is InChI=1S/C38H49BN2O5/c1-25-20-31(23-33(26(25)2)30-14-11-15-32(22-30)39-45-37(6,7)38(8,9)46-39)34(42)41-18-16-28(17-19-41)29-13-10-12-27(21-29)24-40-35(43)44-36(3,4)5/h10-15,20-23,28H,16-19,24H2,1-9H3,(H,40,43). The van der Waals surface area contributed by atoms with Crippen LogP contribution in [0.5, 0.6) is 0 Å². The minimum Gasteiger partial charge on any atom is -0.444 e. The van der Waals surface area contributed by atoms with Gasteiger partial charge in [0.25, 0.3) is 5.91 Å². The van der Waals surface area contributed by atoms with Crippen molar-refractivity contribution in [3.63, 3.8) is 0 Å². The van der Waals surface area contributed by atoms with E-state index in [2.05, 4.69) is 71.1 Å². The number of carbonyl (C=O) groups excluding carboxylic acids is 2. The third-order valence-electron chi connectivity index (χ3n) is 9.68. The van der Waals surface area contributed by atoms with Crippen molar-refractivity contribution >= 4 is 24.6 Å². The van der Waals surface area contributed by atoms with E-state index in [1.165, 1.54) is 5.56 Å². The molecule has 0 aliphatic carbocycles. The summed E-state index contributed by atoms with van der Waals surface area (Å²) in [6, 6.07) is 20.7. The summed E-state index contributed by atoms with van der Waals surface area (Å²) in [4.78, 5) is 27.9. The van der Waals surface area contributed by atoms with Crippen LogP contribution in [-0.2, 0) is 20.6 Å². The van der Waals surface area contributed by atoms with E-state index in [0.717, 1.165) is 46.1 Å². The summed E-state index contributed by atoms with van der Waals surface area (Å²) in [7, 11) is -0.445. The first-order valence-corrected chi connectivity index (χ1v) is 16.5. The highest BCUT2D eigenvalue weighted by Gasteiger charge is 2.51. The smallest absolute Gasteiger partial charge is 0.444 e. The average Bonchev–Trinajstić information content (AvgIpc) is 3.22. The molecule has 0 atom stereocenters. The number of alkyl carbamates (subject to hydrolysis) is 1. The fourth-order valence-corrected chi connectivity index (χ4v) is 6.16. The van der Waals surface area contributed by atoms with E-state index in [-0.39, 0.29) is 5.91 Å². The summed E-state index contributed by atoms with van der Waals surface area (Å²) in [5.74, 6) is 0.429. The van der Waals surface area contributed by atoms with E-state index in [1.54, 1.807) is 0 Å². The highest BCUT2D eigenvalue weighted by Crippen LogP contribution is 2.37. The van der Waals surface area contributed by atoms with Gasteiger partial charge in [-0.3, -0.25) is 4.79 Å². The maximum Gasteiger partial charge on any atom is 0.494 e. The number of piperidine rings is 1. The lowest BCUT2D eigenvalue weighted by atomic mass is 9.77. The first-order chi connectivity index (χ1) is 21.5. The molecule has 0 radical (unpaired) electrons. The molecule has 2 amide bonds. The molecule has 2 aliphatic heterocycles. The zero-order valence-electron chi connectivity index (χ0n) is 29.0. The summed E-state index contributed by atoms with van der Waals surface area (Å²) in [5.41, 5.74) is 6.94. The maximum atomic E-state index is 13.8. The number of nitrogens with one attached hydrogen (secondary N) is 1. The minimum absolute atomic E-state index is 0.0697. The van der Waals surface area contributed by atoms with Crippen LogP contribution < -0.4 is 10.8 Å². The van der Waals surface area contributed by atoms with Crippen molar-refractivity contribution in [3.05, 3.63) is 88.5 Å². The quantitative estimate of drug-likeness (QED) is 0.291. The molecule has 7 nitrogen and oxygen atoms in total. The van der Waals surface area contributed by atoms with Gasteiger partial charge in [0, 0.05) is 25.2 Å². The van der Waals surface area contributed by atoms with E-state index in [0.29, 0.717) is 31.1 Å². The molecule has 3 aromatic carbocycles. The van der Waals surface area contributed by atoms with Crippen LogP contribution in [0.25, 0.3) is 11.1 Å². The summed E-state index contributed by atoms with van der Waals surface area (Å²) in [6.07, 6.45) is 1.36. The number of amides is 2. The Balaban J connectivity index is 1.26. The van der Waals surface area contributed by atoms with Crippen molar-refractivity contribution in [1.82, 2.24) is 10.2 Å². The summed E-state index contributed by atoms with van der Waals surface area (Å²) in [6.45, 7) is 19.8. The lowest BCUT2D eigenvalue weighted by molar-refractivity contribution is 0.00578. The summed E-state index contributed by atoms with van der Waals surface area (Å²) >= 11 is 0. The van der Waals surface area contributed by atoms with Crippen molar-refractivity contribution in [2.45, 2.75) is 104 Å². The number of rotatable bonds is 6. The first kappa shape index (κ1) is 33.7. The zero-order chi connectivity index (χ0) is 33.4. The first-order valence-electron chi connectivity index (χ1n) is 16.5. The highest BCUT2D eigenvalue weighted by molar-refractivity contribution is 6.62. The second-order valence-corrected chi connectivity index (χ2v) is 14.8. The van der Waals surface area contributed by atoms with E-state index in [4.69, 9.17) is 14.0 Å². The Labute approximate surface area is 275 Å². The number of hydrogen-bond acceptors (Lipinski definition) is 5. The molecular weight excluding hydrogens is 575 g/mol. The Morgan fingerprint density at radius 1 is 0.935 bits per heavy atom. The predicted molar refractivity (Wildman–Crippen MR) is 184 cm³/mol. The number of ether oxygens (including phenoxy) is 1. The fraction of sp³-hybridized carbons (Fsp3) is 0.474. The predicted octanol–water partition coefficient (Wildman–Crippen LogP) is 7.31. The van der Waals surface area contributed by atoms with E-state index >= 15 is 0 Å². The molecule has 3 aromatic rings. The molecule has 2 fully saturated rings. The monoisotopic (exact) mass is 624 g/mol. The molecule has 2 saturated heterocycles. The molecule has 0 bridgehead atoms. The molecule has 0 unspecified atom stereocenters. The van der Waals surface area contributed by atoms with Crippen LogP contribution in [-0.4, -0.2) is 53.9 Å². The molecule has 8 heteroatoms. The lowest BCUT2D eigenvalue weighted by Gasteiger charge is -2.32. The van der Waals surface area contributed by atoms with Crippen LogP contribution in [0.2, 0.25) is 0 Å². The fourth-order valence-electron chi connectivity index (χ4n) is 6.16. The molecule has 5 rings (SSSR count). The van der Waals surface area contributed by atoms with E-state index < -0.39 is 30.0 Å². The van der Waals surface area contributed by atoms with Crippen molar-refractivity contribution in [1.29, 1.82) is 0 Å². The minimum atomic E-state index is -0.531. The molecule has 1 N–H and O–H groups in total. The number of hydrogen-bond donors (Lipinski definition) is 1. The van der Waals surface area contributed by atoms with Crippen LogP contribution in [0.1, 0.15) is 99.8 Å². The van der Waals surface area contributed by atoms with Crippen molar-refractivity contribution in [3.8, 4) is 11.1 Å². The van der Waals surface area contributed by atoms with Gasteiger partial charge in [0.2, 0.25) is 0 Å². The van der Waals surface area contributed by atoms with Gasteiger partial charge in [0.1, 0.15) is 5.60 Å². The van der Waals surface area contributed by atoms with Gasteiger partial charge in [0.15, 0.2) is 0 Å². The molecule has 244 valence electrons. The van der Waals surface area contributed by atoms with Crippen LogP contribution >= 0.6 is 0 Å². The van der Waals surface area contributed by atoms with Gasteiger partial charge in [-0.05, 0) is 132 Å². The maximum absolute atomic E-state index is 13.8. The Kier molecular flexibility index (Phi) is 9.45. The topological polar surface area (TPSA) is 77.1 Å². The SMILES string of the molecule is Cc1cc(C(=O)N2CCC(c3cccc(CNC(=O)OC(C)(C)C)c3)CC2)cc(-c2cccc(B3OC(C)(C)C(C)(C)O3)c2)c1C. The van der Waals surface area contributed by atoms with Crippen LogP contribution in [0.3, 0.4) is 0 Å². The average molecular weight is 625 g/mol. The van der Waals surface area contributed by atoms with Gasteiger partial charge in [-0.25, -0.2) is 4.79 Å². The van der Waals surface area contributed by atoms with Crippen molar-refractivity contribution < 1.29 is 23.6 Å². The van der Waals surface area contributed by atoms with Crippen LogP contribution in [0, 0.1) is 13.8 Å². The lowest BCUT2D eigenvalue weighted by Crippen LogP contribution is -2.41. The van der Waals surface area contributed by atoms with E-state index in [9.17, 15) is 9.59 Å². The van der Waals surface area contributed by atoms with Gasteiger partial charge < -0.3 is 24.3 Å². The number of likely N-dealkylation sites (tertiary alicyclic amines) is 1. The van der Waals surface area contributed by atoms with Gasteiger partial charge in [-0.15, -0.1) is 0 Å². The van der Waals surface area contributed by atoms with Gasteiger partial charge in [-0.1, -0.05) is 48.5 Å². The van der Waals surface area contributed by atoms with Crippen molar-refractivity contribution in [2.24, 2.45) is 0 Å². The second kappa shape index (κ2) is 12.9. The molecule has 0 aromatic heterocycles. The number of nitrogens with zero attached hydrogens (tertiary/aromatic N) is 1. The Hall–Kier alpha value is -3.62. The molecular formula is C38H49BN2O5. The molecule has 0 spiro atoms. The number of benzene rings is 3. The zero-order valence-corrected chi connectivity index (χ0v) is 29.0. The van der Waals surface area contributed by atoms with E-state index in [1.807, 2.05) is 62.1 Å². The normalized spacial score (nSPS) is 18.0. The Morgan fingerprint density at radius 2 is 1.59 bits per heavy atom. The largest absolute Gasteiger partial charge is 0.494 e. The van der Waals surface area contributed by atoms with Crippen LogP contribution in [0.15, 0.2) is 60.7 Å². The van der Waals surface area contributed by atoms with Gasteiger partial charge >= 0.3 is 13.2 Å². The highest BCUT2D eigenvalue weighted by atomic mass is 16.7. The second-order valence-electron chi connectivity index (χ2n) is 14.8. The summed E-state index contributed by atoms with van der Waals surface area (Å²) in [5, 5.41) is 2.85. The molecule has 46 heavy (non-hydrogen) atoms. The molecule has 2 aliphatic rings. The molecule has 0 saturated carbocycles.